The molecule has 0 amide bonds. The quantitative estimate of drug-likeness (QED) is 0.623. The standard InChI is InChI=1S/C16H15F2N3O4S/c1-23-13-5-6-19-12(14(13)24-2)8-26(22)16-20-10-4-3-9(25-15(17)18)7-11(10)21-16/h3-7,15H,8H2,1-2H3,(H,20,21)/i2D3,3D,4D,7D,8D2. The van der Waals surface area contributed by atoms with Crippen LogP contribution in [0.5, 0.6) is 17.2 Å². The number of aromatic amines is 1. The van der Waals surface area contributed by atoms with Crippen LogP contribution in [0.2, 0.25) is 0 Å². The second-order valence-electron chi connectivity index (χ2n) is 4.51. The number of aromatic nitrogens is 3. The Bertz CT molecular complexity index is 1230. The van der Waals surface area contributed by atoms with Gasteiger partial charge in [-0.1, -0.05) is 0 Å². The molecule has 7 nitrogen and oxygen atoms in total. The molecule has 2 aromatic heterocycles. The number of nitrogens with one attached hydrogen (secondary N) is 1. The molecular weight excluding hydrogens is 368 g/mol. The fourth-order valence-corrected chi connectivity index (χ4v) is 2.71. The van der Waals surface area contributed by atoms with Gasteiger partial charge in [-0.05, 0) is 12.1 Å². The zero-order valence-corrected chi connectivity index (χ0v) is 13.7. The lowest BCUT2D eigenvalue weighted by atomic mass is 10.3. The van der Waals surface area contributed by atoms with E-state index in [1.807, 2.05) is 0 Å². The summed E-state index contributed by atoms with van der Waals surface area (Å²) in [7, 11) is -1.87. The van der Waals surface area contributed by atoms with E-state index in [1.54, 1.807) is 0 Å². The summed E-state index contributed by atoms with van der Waals surface area (Å²) in [5, 5.41) is -0.639. The molecule has 0 spiro atoms. The summed E-state index contributed by atoms with van der Waals surface area (Å²) in [4.78, 5) is 9.92. The molecule has 138 valence electrons. The van der Waals surface area contributed by atoms with Crippen LogP contribution in [-0.4, -0.2) is 40.3 Å². The van der Waals surface area contributed by atoms with Crippen LogP contribution in [0.1, 0.15) is 16.7 Å². The first-order chi connectivity index (χ1) is 15.7. The first-order valence-electron chi connectivity index (χ1n) is 10.8. The molecular formula is C16H15F2N3O4S. The van der Waals surface area contributed by atoms with Crippen molar-refractivity contribution >= 4 is 22.2 Å². The van der Waals surface area contributed by atoms with Crippen LogP contribution in [0.3, 0.4) is 0 Å². The van der Waals surface area contributed by atoms with Crippen LogP contribution < -0.4 is 14.2 Å². The molecule has 1 atom stereocenters. The summed E-state index contributed by atoms with van der Waals surface area (Å²) in [5.41, 5.74) is -4.47. The number of benzene rings is 1. The fraction of sp³-hybridized carbons (Fsp3) is 0.250. The molecule has 10 heteroatoms. The molecule has 3 rings (SSSR count). The van der Waals surface area contributed by atoms with E-state index in [2.05, 4.69) is 19.7 Å². The van der Waals surface area contributed by atoms with Gasteiger partial charge in [0.15, 0.2) is 17.2 Å². The molecule has 1 unspecified atom stereocenters. The Kier molecular flexibility index (Phi) is 3.14. The molecule has 2 heterocycles. The predicted molar refractivity (Wildman–Crippen MR) is 90.2 cm³/mol. The van der Waals surface area contributed by atoms with Crippen LogP contribution in [0, 0.1) is 0 Å². The van der Waals surface area contributed by atoms with Gasteiger partial charge in [0.05, 0.1) is 36.1 Å². The maximum Gasteiger partial charge on any atom is 0.387 e. The maximum atomic E-state index is 13.2. The van der Waals surface area contributed by atoms with Crippen LogP contribution >= 0.6 is 0 Å². The smallest absolute Gasteiger partial charge is 0.387 e. The van der Waals surface area contributed by atoms with E-state index in [-0.39, 0.29) is 5.75 Å². The Morgan fingerprint density at radius 2 is 2.31 bits per heavy atom. The van der Waals surface area contributed by atoms with Gasteiger partial charge in [-0.2, -0.15) is 13.8 Å². The number of fused-ring (bicyclic) bond motifs is 1. The monoisotopic (exact) mass is 391 g/mol. The van der Waals surface area contributed by atoms with Crippen LogP contribution in [-0.2, 0) is 16.9 Å². The first kappa shape index (κ1) is 10.5. The van der Waals surface area contributed by atoms with Gasteiger partial charge >= 0.3 is 11.8 Å². The summed E-state index contributed by atoms with van der Waals surface area (Å²) in [6, 6.07) is -1.18. The number of hydrogen-bond donors (Lipinski definition) is 1. The number of hydrogen-bond acceptors (Lipinski definition) is 6. The third-order valence-electron chi connectivity index (χ3n) is 2.98. The summed E-state index contributed by atoms with van der Waals surface area (Å²) in [6.07, 6.45) is 1.07. The van der Waals surface area contributed by atoms with Gasteiger partial charge in [0.2, 0.25) is 0 Å². The Morgan fingerprint density at radius 1 is 1.46 bits per heavy atom. The zero-order valence-electron chi connectivity index (χ0n) is 20.9. The van der Waals surface area contributed by atoms with E-state index < -0.39 is 82.0 Å². The molecule has 0 saturated heterocycles. The summed E-state index contributed by atoms with van der Waals surface area (Å²) in [6.45, 7) is -3.38. The highest BCUT2D eigenvalue weighted by molar-refractivity contribution is 7.90. The Balaban J connectivity index is 2.14. The second-order valence-corrected chi connectivity index (χ2v) is 5.64. The van der Waals surface area contributed by atoms with Gasteiger partial charge in [0.25, 0.3) is 0 Å². The molecule has 0 aliphatic rings. The minimum Gasteiger partial charge on any atom is -0.609 e. The van der Waals surface area contributed by atoms with E-state index in [0.29, 0.717) is 0 Å². The minimum absolute atomic E-state index is 0.207. The largest absolute Gasteiger partial charge is 0.609 e. The first-order valence-corrected chi connectivity index (χ1v) is 7.92. The van der Waals surface area contributed by atoms with Crippen molar-refractivity contribution < 1.29 is 38.5 Å². The number of pyridine rings is 1. The Labute approximate surface area is 161 Å². The molecule has 0 fully saturated rings. The van der Waals surface area contributed by atoms with Crippen molar-refractivity contribution in [3.8, 4) is 17.2 Å². The number of rotatable bonds is 7. The Hall–Kier alpha value is -2.59. The third-order valence-corrected chi connectivity index (χ3v) is 3.90. The molecule has 1 N–H and O–H groups in total. The molecule has 0 saturated carbocycles. The molecule has 0 aliphatic carbocycles. The normalized spacial score (nSPS) is 17.9. The highest BCUT2D eigenvalue weighted by atomic mass is 32.2. The van der Waals surface area contributed by atoms with Crippen LogP contribution in [0.25, 0.3) is 11.0 Å². The van der Waals surface area contributed by atoms with Gasteiger partial charge in [0.1, 0.15) is 11.4 Å². The van der Waals surface area contributed by atoms with E-state index in [4.69, 9.17) is 20.4 Å². The van der Waals surface area contributed by atoms with Crippen LogP contribution in [0.15, 0.2) is 35.5 Å². The number of H-pyrrole nitrogens is 1. The number of methoxy groups -OCH3 is 2. The lowest BCUT2D eigenvalue weighted by Gasteiger charge is -2.12. The van der Waals surface area contributed by atoms with Crippen molar-refractivity contribution in [2.24, 2.45) is 0 Å². The van der Waals surface area contributed by atoms with E-state index in [9.17, 15) is 13.3 Å². The van der Waals surface area contributed by atoms with Crippen LogP contribution in [0.4, 0.5) is 8.78 Å². The van der Waals surface area contributed by atoms with E-state index in [0.717, 1.165) is 6.20 Å². The SMILES string of the molecule is [2H]c1c(OC(F)F)c([2H])c2[nH]c([S+]([O-])C([2H])([2H])c3nccc(OC)c3OC([2H])([2H])[2H])nc2c1[2H]. The lowest BCUT2D eigenvalue weighted by Crippen LogP contribution is -2.10. The number of alkyl halides is 2. The van der Waals surface area contributed by atoms with Gasteiger partial charge < -0.3 is 18.8 Å². The average molecular weight is 391 g/mol. The van der Waals surface area contributed by atoms with Crippen molar-refractivity contribution in [3.05, 3.63) is 36.1 Å². The molecule has 0 radical (unpaired) electrons. The van der Waals surface area contributed by atoms with Crippen molar-refractivity contribution in [1.29, 1.82) is 0 Å². The van der Waals surface area contributed by atoms with Crippen molar-refractivity contribution in [2.75, 3.05) is 14.1 Å². The lowest BCUT2D eigenvalue weighted by molar-refractivity contribution is -0.0497. The average Bonchev–Trinajstić information content (AvgIpc) is 3.19. The maximum absolute atomic E-state index is 13.2. The van der Waals surface area contributed by atoms with Gasteiger partial charge in [-0.3, -0.25) is 9.97 Å². The molecule has 26 heavy (non-hydrogen) atoms. The van der Waals surface area contributed by atoms with Gasteiger partial charge in [0, 0.05) is 29.5 Å². The van der Waals surface area contributed by atoms with Gasteiger partial charge in [-0.15, -0.1) is 0 Å². The van der Waals surface area contributed by atoms with Crippen molar-refractivity contribution in [1.82, 2.24) is 15.0 Å². The summed E-state index contributed by atoms with van der Waals surface area (Å²) >= 11 is -2.80. The highest BCUT2D eigenvalue weighted by Gasteiger charge is 2.22. The number of halogens is 2. The fourth-order valence-electron chi connectivity index (χ4n) is 1.93. The number of ether oxygens (including phenoxy) is 3. The Morgan fingerprint density at radius 3 is 3.04 bits per heavy atom. The number of imidazole rings is 1. The number of nitrogens with zero attached hydrogens (tertiary/aromatic N) is 2. The molecule has 0 aliphatic heterocycles. The highest BCUT2D eigenvalue weighted by Crippen LogP contribution is 2.31. The van der Waals surface area contributed by atoms with Crippen molar-refractivity contribution in [3.63, 3.8) is 0 Å². The second kappa shape index (κ2) is 7.75. The topological polar surface area (TPSA) is 92.3 Å². The van der Waals surface area contributed by atoms with Gasteiger partial charge in [-0.25, -0.2) is 0 Å². The third kappa shape index (κ3) is 3.81. The van der Waals surface area contributed by atoms with Crippen molar-refractivity contribution in [2.45, 2.75) is 17.5 Å². The summed E-state index contributed by atoms with van der Waals surface area (Å²) in [5.74, 6) is -1.76. The zero-order chi connectivity index (χ0) is 25.6. The molecule has 0 bridgehead atoms. The van der Waals surface area contributed by atoms with E-state index >= 15 is 0 Å². The molecule has 3 aromatic rings. The molecule has 1 aromatic carbocycles. The van der Waals surface area contributed by atoms with E-state index in [1.165, 1.54) is 13.2 Å². The minimum atomic E-state index is -3.38. The predicted octanol–water partition coefficient (Wildman–Crippen LogP) is 2.88. The summed E-state index contributed by atoms with van der Waals surface area (Å²) < 4.78 is 115.